The van der Waals surface area contributed by atoms with E-state index >= 15 is 0 Å². The van der Waals surface area contributed by atoms with Gasteiger partial charge in [0.15, 0.2) is 0 Å². The van der Waals surface area contributed by atoms with Crippen molar-refractivity contribution in [2.45, 2.75) is 24.8 Å². The molecule has 1 atom stereocenters. The highest BCUT2D eigenvalue weighted by Gasteiger charge is 2.16. The molecule has 8 nitrogen and oxygen atoms in total. The maximum absolute atomic E-state index is 12.4. The minimum atomic E-state index is -3.68. The summed E-state index contributed by atoms with van der Waals surface area (Å²) >= 11 is 1.58. The molecule has 4 rings (SSSR count). The highest BCUT2D eigenvalue weighted by Crippen LogP contribution is 2.28. The zero-order chi connectivity index (χ0) is 22.7. The molecule has 2 aromatic carbocycles. The molecule has 166 valence electrons. The first-order valence-electron chi connectivity index (χ1n) is 10.0. The summed E-state index contributed by atoms with van der Waals surface area (Å²) in [5, 5.41) is 12.2. The summed E-state index contributed by atoms with van der Waals surface area (Å²) in [4.78, 5) is 13.5. The Hall–Kier alpha value is -2.92. The summed E-state index contributed by atoms with van der Waals surface area (Å²) in [6, 6.07) is 14.4. The highest BCUT2D eigenvalue weighted by atomic mass is 32.2. The second-order valence-electron chi connectivity index (χ2n) is 7.28. The average Bonchev–Trinajstić information content (AvgIpc) is 3.25. The van der Waals surface area contributed by atoms with Gasteiger partial charge in [0.05, 0.1) is 32.9 Å². The minimum absolute atomic E-state index is 0.0311. The lowest BCUT2D eigenvalue weighted by molar-refractivity contribution is 0.301. The topological polar surface area (TPSA) is 117 Å². The molecular weight excluding hydrogens is 446 g/mol. The number of aromatic nitrogens is 3. The third-order valence-corrected chi connectivity index (χ3v) is 7.15. The van der Waals surface area contributed by atoms with E-state index in [-0.39, 0.29) is 24.1 Å². The van der Waals surface area contributed by atoms with Crippen LogP contribution in [0.2, 0.25) is 0 Å². The van der Waals surface area contributed by atoms with Crippen LogP contribution in [0.25, 0.3) is 21.5 Å². The Labute approximate surface area is 190 Å². The first-order chi connectivity index (χ1) is 15.4. The van der Waals surface area contributed by atoms with Gasteiger partial charge in [0.25, 0.3) is 0 Å². The molecule has 4 aromatic rings. The van der Waals surface area contributed by atoms with Crippen molar-refractivity contribution in [3.63, 3.8) is 0 Å². The summed E-state index contributed by atoms with van der Waals surface area (Å²) in [5.74, 6) is 1.28. The molecule has 0 aliphatic rings. The van der Waals surface area contributed by atoms with Crippen molar-refractivity contribution in [3.05, 3.63) is 65.4 Å². The van der Waals surface area contributed by atoms with Crippen LogP contribution in [0, 0.1) is 6.92 Å². The van der Waals surface area contributed by atoms with Gasteiger partial charge in [-0.3, -0.25) is 0 Å². The molecule has 0 spiro atoms. The number of aliphatic hydroxyl groups is 1. The van der Waals surface area contributed by atoms with E-state index in [0.717, 1.165) is 27.0 Å². The number of nitrogens with one attached hydrogen (secondary N) is 2. The summed E-state index contributed by atoms with van der Waals surface area (Å²) in [6.07, 6.45) is 0. The second-order valence-corrected chi connectivity index (χ2v) is 9.93. The van der Waals surface area contributed by atoms with Crippen molar-refractivity contribution in [1.82, 2.24) is 19.7 Å². The van der Waals surface area contributed by atoms with Gasteiger partial charge in [-0.2, -0.15) is 0 Å². The standard InChI is InChI=1S/C22H23N5O3S2/c1-14(16-4-3-5-18(10-16)32(29,30)24-8-9-28)25-22-12-20(26-15(2)27-22)17-6-7-19-21(11-17)31-13-23-19/h3-7,10-14,24,28H,8-9H2,1-2H3,(H,25,26,27). The number of thiazole rings is 1. The molecule has 0 fully saturated rings. The van der Waals surface area contributed by atoms with Crippen LogP contribution >= 0.6 is 11.3 Å². The van der Waals surface area contributed by atoms with Crippen LogP contribution in [0.5, 0.6) is 0 Å². The van der Waals surface area contributed by atoms with E-state index in [4.69, 9.17) is 5.11 Å². The number of fused-ring (bicyclic) bond motifs is 1. The molecule has 2 heterocycles. The lowest BCUT2D eigenvalue weighted by Gasteiger charge is -2.17. The van der Waals surface area contributed by atoms with Crippen molar-refractivity contribution in [2.24, 2.45) is 0 Å². The van der Waals surface area contributed by atoms with Crippen molar-refractivity contribution in [1.29, 1.82) is 0 Å². The molecule has 2 aromatic heterocycles. The highest BCUT2D eigenvalue weighted by molar-refractivity contribution is 7.89. The van der Waals surface area contributed by atoms with E-state index in [9.17, 15) is 8.42 Å². The van der Waals surface area contributed by atoms with Gasteiger partial charge in [-0.05, 0) is 43.7 Å². The molecule has 0 saturated heterocycles. The Balaban J connectivity index is 1.58. The van der Waals surface area contributed by atoms with Gasteiger partial charge >= 0.3 is 0 Å². The molecule has 32 heavy (non-hydrogen) atoms. The number of hydrogen-bond acceptors (Lipinski definition) is 8. The molecule has 10 heteroatoms. The lowest BCUT2D eigenvalue weighted by atomic mass is 10.1. The molecule has 0 saturated carbocycles. The zero-order valence-electron chi connectivity index (χ0n) is 17.6. The van der Waals surface area contributed by atoms with E-state index < -0.39 is 10.0 Å². The summed E-state index contributed by atoms with van der Waals surface area (Å²) in [6.45, 7) is 3.48. The third kappa shape index (κ3) is 4.94. The van der Waals surface area contributed by atoms with Crippen LogP contribution < -0.4 is 10.0 Å². The number of sulfonamides is 1. The Bertz CT molecular complexity index is 1350. The molecule has 0 aliphatic carbocycles. The van der Waals surface area contributed by atoms with Gasteiger partial charge in [-0.25, -0.2) is 28.1 Å². The predicted molar refractivity (Wildman–Crippen MR) is 126 cm³/mol. The fraction of sp³-hybridized carbons (Fsp3) is 0.227. The maximum Gasteiger partial charge on any atom is 0.240 e. The fourth-order valence-corrected chi connectivity index (χ4v) is 5.12. The van der Waals surface area contributed by atoms with Crippen LogP contribution in [-0.4, -0.2) is 41.6 Å². The van der Waals surface area contributed by atoms with Crippen molar-refractivity contribution >= 4 is 37.4 Å². The fourth-order valence-electron chi connectivity index (χ4n) is 3.32. The number of aryl methyl sites for hydroxylation is 1. The van der Waals surface area contributed by atoms with Crippen LogP contribution in [0.15, 0.2) is 58.9 Å². The Kier molecular flexibility index (Phi) is 6.47. The summed E-state index contributed by atoms with van der Waals surface area (Å²) in [5.41, 5.74) is 5.35. The monoisotopic (exact) mass is 469 g/mol. The molecule has 0 amide bonds. The first kappa shape index (κ1) is 22.3. The second kappa shape index (κ2) is 9.29. The van der Waals surface area contributed by atoms with E-state index in [2.05, 4.69) is 31.1 Å². The molecule has 0 aliphatic heterocycles. The van der Waals surface area contributed by atoms with Gasteiger partial charge in [0.2, 0.25) is 10.0 Å². The van der Waals surface area contributed by atoms with Crippen molar-refractivity contribution in [3.8, 4) is 11.3 Å². The largest absolute Gasteiger partial charge is 0.395 e. The van der Waals surface area contributed by atoms with Gasteiger partial charge in [0.1, 0.15) is 11.6 Å². The summed E-state index contributed by atoms with van der Waals surface area (Å²) in [7, 11) is -3.68. The Morgan fingerprint density at radius 3 is 2.78 bits per heavy atom. The Morgan fingerprint density at radius 1 is 1.12 bits per heavy atom. The van der Waals surface area contributed by atoms with Gasteiger partial charge in [-0.15, -0.1) is 11.3 Å². The molecule has 1 unspecified atom stereocenters. The van der Waals surface area contributed by atoms with Gasteiger partial charge in [0, 0.05) is 24.2 Å². The number of anilines is 1. The zero-order valence-corrected chi connectivity index (χ0v) is 19.2. The van der Waals surface area contributed by atoms with Crippen LogP contribution in [0.3, 0.4) is 0 Å². The number of nitrogens with zero attached hydrogens (tertiary/aromatic N) is 3. The quantitative estimate of drug-likeness (QED) is 0.361. The van der Waals surface area contributed by atoms with Crippen LogP contribution in [0.1, 0.15) is 24.4 Å². The third-order valence-electron chi connectivity index (χ3n) is 4.90. The molecular formula is C22H23N5O3S2. The van der Waals surface area contributed by atoms with Gasteiger partial charge in [-0.1, -0.05) is 18.2 Å². The predicted octanol–water partition coefficient (Wildman–Crippen LogP) is 3.51. The van der Waals surface area contributed by atoms with E-state index in [0.29, 0.717) is 11.6 Å². The van der Waals surface area contributed by atoms with E-state index in [1.54, 1.807) is 23.5 Å². The lowest BCUT2D eigenvalue weighted by Crippen LogP contribution is -2.26. The Morgan fingerprint density at radius 2 is 1.97 bits per heavy atom. The smallest absolute Gasteiger partial charge is 0.240 e. The number of aliphatic hydroxyl groups excluding tert-OH is 1. The van der Waals surface area contributed by atoms with Crippen LogP contribution in [-0.2, 0) is 10.0 Å². The normalized spacial score (nSPS) is 12.7. The van der Waals surface area contributed by atoms with E-state index in [1.807, 2.05) is 43.6 Å². The maximum atomic E-state index is 12.4. The van der Waals surface area contributed by atoms with Gasteiger partial charge < -0.3 is 10.4 Å². The first-order valence-corrected chi connectivity index (χ1v) is 12.4. The van der Waals surface area contributed by atoms with Crippen molar-refractivity contribution in [2.75, 3.05) is 18.5 Å². The average molecular weight is 470 g/mol. The number of benzene rings is 2. The number of hydrogen-bond donors (Lipinski definition) is 3. The SMILES string of the molecule is Cc1nc(NC(C)c2cccc(S(=O)(=O)NCCO)c2)cc(-c2ccc3ncsc3c2)n1. The van der Waals surface area contributed by atoms with Crippen molar-refractivity contribution < 1.29 is 13.5 Å². The molecule has 0 bridgehead atoms. The van der Waals surface area contributed by atoms with Crippen LogP contribution in [0.4, 0.5) is 5.82 Å². The minimum Gasteiger partial charge on any atom is -0.395 e. The molecule has 3 N–H and O–H groups in total. The summed E-state index contributed by atoms with van der Waals surface area (Å²) < 4.78 is 28.2. The van der Waals surface area contributed by atoms with E-state index in [1.165, 1.54) is 6.07 Å². The molecule has 0 radical (unpaired) electrons. The number of rotatable bonds is 8.